The lowest BCUT2D eigenvalue weighted by Gasteiger charge is -2.25. The van der Waals surface area contributed by atoms with E-state index in [1.165, 1.54) is 10.4 Å². The number of furan rings is 1. The van der Waals surface area contributed by atoms with Crippen LogP contribution in [0.2, 0.25) is 0 Å². The van der Waals surface area contributed by atoms with Gasteiger partial charge in [-0.2, -0.15) is 0 Å². The Bertz CT molecular complexity index is 513. The maximum absolute atomic E-state index is 5.63. The average Bonchev–Trinajstić information content (AvgIpc) is 2.95. The highest BCUT2D eigenvalue weighted by atomic mass is 32.1. The third-order valence-corrected chi connectivity index (χ3v) is 4.45. The van der Waals surface area contributed by atoms with Crippen molar-refractivity contribution in [2.75, 3.05) is 0 Å². The molecule has 0 saturated carbocycles. The Balaban J connectivity index is 2.16. The van der Waals surface area contributed by atoms with E-state index in [2.05, 4.69) is 49.7 Å². The minimum absolute atomic E-state index is 0.298. The van der Waals surface area contributed by atoms with Crippen LogP contribution in [0.25, 0.3) is 0 Å². The fourth-order valence-corrected chi connectivity index (χ4v) is 3.47. The smallest absolute Gasteiger partial charge is 0.105 e. The summed E-state index contributed by atoms with van der Waals surface area (Å²) in [6.07, 6.45) is 0. The van der Waals surface area contributed by atoms with Gasteiger partial charge in [-0.05, 0) is 44.2 Å². The van der Waals surface area contributed by atoms with Crippen molar-refractivity contribution in [3.05, 3.63) is 45.5 Å². The van der Waals surface area contributed by atoms with Gasteiger partial charge in [-0.3, -0.25) is 0 Å². The molecule has 0 aliphatic heterocycles. The molecule has 0 spiro atoms. The van der Waals surface area contributed by atoms with Crippen LogP contribution < -0.4 is 5.32 Å². The SMILES string of the molecule is Cc1cc(C(C)NC(c2cccs2)C(C)C)c(C)o1. The summed E-state index contributed by atoms with van der Waals surface area (Å²) in [5.41, 5.74) is 1.26. The fourth-order valence-electron chi connectivity index (χ4n) is 2.51. The molecule has 2 aromatic rings. The van der Waals surface area contributed by atoms with E-state index in [1.54, 1.807) is 0 Å². The Morgan fingerprint density at radius 1 is 1.21 bits per heavy atom. The van der Waals surface area contributed by atoms with Crippen LogP contribution in [0.1, 0.15) is 54.8 Å². The average molecular weight is 277 g/mol. The monoisotopic (exact) mass is 277 g/mol. The second kappa shape index (κ2) is 5.93. The zero-order valence-electron chi connectivity index (χ0n) is 12.4. The van der Waals surface area contributed by atoms with Crippen LogP contribution in [0, 0.1) is 19.8 Å². The summed E-state index contributed by atoms with van der Waals surface area (Å²) in [6.45, 7) is 10.8. The fraction of sp³-hybridized carbons (Fsp3) is 0.500. The molecule has 0 aromatic carbocycles. The Labute approximate surface area is 119 Å². The zero-order valence-corrected chi connectivity index (χ0v) is 13.2. The summed E-state index contributed by atoms with van der Waals surface area (Å²) >= 11 is 1.82. The molecule has 2 rings (SSSR count). The van der Waals surface area contributed by atoms with Gasteiger partial charge < -0.3 is 9.73 Å². The Morgan fingerprint density at radius 2 is 1.95 bits per heavy atom. The minimum atomic E-state index is 0.298. The molecule has 0 aliphatic carbocycles. The van der Waals surface area contributed by atoms with Crippen molar-refractivity contribution >= 4 is 11.3 Å². The molecule has 2 atom stereocenters. The van der Waals surface area contributed by atoms with E-state index < -0.39 is 0 Å². The van der Waals surface area contributed by atoms with Gasteiger partial charge in [0.25, 0.3) is 0 Å². The summed E-state index contributed by atoms with van der Waals surface area (Å²) in [4.78, 5) is 1.40. The first kappa shape index (κ1) is 14.4. The highest BCUT2D eigenvalue weighted by molar-refractivity contribution is 7.10. The van der Waals surface area contributed by atoms with Gasteiger partial charge in [0.1, 0.15) is 11.5 Å². The van der Waals surface area contributed by atoms with Crippen molar-refractivity contribution in [2.24, 2.45) is 5.92 Å². The van der Waals surface area contributed by atoms with E-state index in [9.17, 15) is 0 Å². The number of nitrogens with one attached hydrogen (secondary N) is 1. The molecule has 0 aliphatic rings. The molecule has 0 bridgehead atoms. The number of hydrogen-bond acceptors (Lipinski definition) is 3. The van der Waals surface area contributed by atoms with Crippen LogP contribution in [0.5, 0.6) is 0 Å². The minimum Gasteiger partial charge on any atom is -0.466 e. The van der Waals surface area contributed by atoms with E-state index in [1.807, 2.05) is 25.2 Å². The molecule has 3 heteroatoms. The van der Waals surface area contributed by atoms with Gasteiger partial charge in [-0.15, -0.1) is 11.3 Å². The highest BCUT2D eigenvalue weighted by Gasteiger charge is 2.21. The number of aryl methyl sites for hydroxylation is 2. The predicted molar refractivity (Wildman–Crippen MR) is 81.6 cm³/mol. The van der Waals surface area contributed by atoms with Gasteiger partial charge in [-0.1, -0.05) is 19.9 Å². The predicted octanol–water partition coefficient (Wildman–Crippen LogP) is 5.01. The van der Waals surface area contributed by atoms with Gasteiger partial charge in [0, 0.05) is 22.5 Å². The molecule has 0 fully saturated rings. The standard InChI is InChI=1S/C16H23NOS/c1-10(2)16(15-7-6-8-19-15)17-12(4)14-9-11(3)18-13(14)5/h6-10,12,16-17H,1-5H3. The Hall–Kier alpha value is -1.06. The lowest BCUT2D eigenvalue weighted by molar-refractivity contribution is 0.376. The van der Waals surface area contributed by atoms with Gasteiger partial charge >= 0.3 is 0 Å². The van der Waals surface area contributed by atoms with Crippen LogP contribution in [0.3, 0.4) is 0 Å². The largest absolute Gasteiger partial charge is 0.466 e. The first-order chi connectivity index (χ1) is 8.99. The van der Waals surface area contributed by atoms with Crippen LogP contribution >= 0.6 is 11.3 Å². The molecule has 2 unspecified atom stereocenters. The van der Waals surface area contributed by atoms with Crippen molar-refractivity contribution in [3.8, 4) is 0 Å². The maximum atomic E-state index is 5.63. The molecule has 0 amide bonds. The van der Waals surface area contributed by atoms with E-state index >= 15 is 0 Å². The first-order valence-electron chi connectivity index (χ1n) is 6.85. The van der Waals surface area contributed by atoms with Crippen molar-refractivity contribution in [1.82, 2.24) is 5.32 Å². The second-order valence-electron chi connectivity index (χ2n) is 5.49. The summed E-state index contributed by atoms with van der Waals surface area (Å²) < 4.78 is 5.63. The van der Waals surface area contributed by atoms with Gasteiger partial charge in [0.15, 0.2) is 0 Å². The quantitative estimate of drug-likeness (QED) is 0.831. The number of thiophene rings is 1. The molecule has 104 valence electrons. The van der Waals surface area contributed by atoms with Gasteiger partial charge in [0.05, 0.1) is 0 Å². The van der Waals surface area contributed by atoms with Crippen molar-refractivity contribution < 1.29 is 4.42 Å². The van der Waals surface area contributed by atoms with E-state index in [-0.39, 0.29) is 0 Å². The highest BCUT2D eigenvalue weighted by Crippen LogP contribution is 2.30. The van der Waals surface area contributed by atoms with E-state index in [4.69, 9.17) is 4.42 Å². The van der Waals surface area contributed by atoms with Crippen LogP contribution in [0.15, 0.2) is 28.0 Å². The maximum Gasteiger partial charge on any atom is 0.105 e. The summed E-state index contributed by atoms with van der Waals surface area (Å²) in [7, 11) is 0. The molecule has 0 saturated heterocycles. The van der Waals surface area contributed by atoms with Crippen LogP contribution in [-0.4, -0.2) is 0 Å². The van der Waals surface area contributed by atoms with Gasteiger partial charge in [-0.25, -0.2) is 0 Å². The summed E-state index contributed by atoms with van der Waals surface area (Å²) in [5.74, 6) is 2.57. The Kier molecular flexibility index (Phi) is 4.48. The summed E-state index contributed by atoms with van der Waals surface area (Å²) in [5, 5.41) is 5.88. The first-order valence-corrected chi connectivity index (χ1v) is 7.73. The van der Waals surface area contributed by atoms with E-state index in [0.29, 0.717) is 18.0 Å². The normalized spacial score (nSPS) is 14.8. The van der Waals surface area contributed by atoms with Crippen LogP contribution in [0.4, 0.5) is 0 Å². The second-order valence-corrected chi connectivity index (χ2v) is 6.47. The third kappa shape index (κ3) is 3.28. The van der Waals surface area contributed by atoms with Crippen molar-refractivity contribution in [1.29, 1.82) is 0 Å². The third-order valence-electron chi connectivity index (χ3n) is 3.49. The lowest BCUT2D eigenvalue weighted by atomic mass is 10.00. The zero-order chi connectivity index (χ0) is 14.0. The molecule has 2 heterocycles. The summed E-state index contributed by atoms with van der Waals surface area (Å²) in [6, 6.07) is 7.16. The molecule has 1 N–H and O–H groups in total. The lowest BCUT2D eigenvalue weighted by Crippen LogP contribution is -2.27. The van der Waals surface area contributed by atoms with Crippen LogP contribution in [-0.2, 0) is 0 Å². The number of rotatable bonds is 5. The van der Waals surface area contributed by atoms with E-state index in [0.717, 1.165) is 11.5 Å². The van der Waals surface area contributed by atoms with Crippen molar-refractivity contribution in [3.63, 3.8) is 0 Å². The Morgan fingerprint density at radius 3 is 2.42 bits per heavy atom. The number of hydrogen-bond donors (Lipinski definition) is 1. The topological polar surface area (TPSA) is 25.2 Å². The molecular weight excluding hydrogens is 254 g/mol. The molecule has 0 radical (unpaired) electrons. The molecule has 19 heavy (non-hydrogen) atoms. The molecular formula is C16H23NOS. The molecule has 2 nitrogen and oxygen atoms in total. The van der Waals surface area contributed by atoms with Gasteiger partial charge in [0.2, 0.25) is 0 Å². The molecule has 2 aromatic heterocycles. The van der Waals surface area contributed by atoms with Crippen molar-refractivity contribution in [2.45, 2.75) is 46.7 Å².